The van der Waals surface area contributed by atoms with Gasteiger partial charge in [0.05, 0.1) is 24.8 Å². The van der Waals surface area contributed by atoms with Crippen LogP contribution in [0.15, 0.2) is 58.6 Å². The highest BCUT2D eigenvalue weighted by atomic mass is 32.2. The fourth-order valence-electron chi connectivity index (χ4n) is 3.52. The number of ether oxygens (including phenoxy) is 2. The largest absolute Gasteiger partial charge is 0.497 e. The number of amides is 1. The standard InChI is InChI=1S/C24H24N4O4S/c1-5-19(29)22-21(16-8-7-9-18(14-16)32-4)27(20(30)6-2)28-23(25-26-24(28)33-22)15-10-12-17(31-3)13-11-15/h7-14H,5-6H2,1-4H3. The second kappa shape index (κ2) is 9.50. The van der Waals surface area contributed by atoms with E-state index in [-0.39, 0.29) is 18.1 Å². The molecule has 2 aromatic carbocycles. The smallest absolute Gasteiger partial charge is 0.246 e. The summed E-state index contributed by atoms with van der Waals surface area (Å²) in [5.41, 5.74) is 1.96. The van der Waals surface area contributed by atoms with E-state index in [0.717, 1.165) is 5.56 Å². The molecule has 0 atom stereocenters. The van der Waals surface area contributed by atoms with Crippen LogP contribution in [0.3, 0.4) is 0 Å². The van der Waals surface area contributed by atoms with Crippen LogP contribution in [-0.4, -0.2) is 40.8 Å². The minimum absolute atomic E-state index is 0.0769. The first-order valence-corrected chi connectivity index (χ1v) is 11.4. The summed E-state index contributed by atoms with van der Waals surface area (Å²) < 4.78 is 12.3. The molecule has 0 unspecified atom stereocenters. The minimum atomic E-state index is -0.190. The maximum Gasteiger partial charge on any atom is 0.246 e. The van der Waals surface area contributed by atoms with Gasteiger partial charge in [0, 0.05) is 24.0 Å². The molecule has 9 heteroatoms. The molecule has 1 amide bonds. The van der Waals surface area contributed by atoms with Crippen LogP contribution < -0.4 is 14.5 Å². The first-order valence-electron chi connectivity index (χ1n) is 10.5. The van der Waals surface area contributed by atoms with Gasteiger partial charge in [-0.25, -0.2) is 5.01 Å². The third-order valence-corrected chi connectivity index (χ3v) is 6.30. The van der Waals surface area contributed by atoms with Crippen LogP contribution in [0.2, 0.25) is 0 Å². The number of allylic oxidation sites excluding steroid dienone is 1. The van der Waals surface area contributed by atoms with Gasteiger partial charge in [-0.2, -0.15) is 4.68 Å². The lowest BCUT2D eigenvalue weighted by Crippen LogP contribution is -2.42. The van der Waals surface area contributed by atoms with Gasteiger partial charge in [0.2, 0.25) is 11.1 Å². The summed E-state index contributed by atoms with van der Waals surface area (Å²) in [7, 11) is 3.18. The second-order valence-electron chi connectivity index (χ2n) is 7.19. The highest BCUT2D eigenvalue weighted by molar-refractivity contribution is 8.04. The Labute approximate surface area is 196 Å². The van der Waals surface area contributed by atoms with Gasteiger partial charge in [-0.3, -0.25) is 9.59 Å². The van der Waals surface area contributed by atoms with Crippen molar-refractivity contribution in [3.05, 3.63) is 59.0 Å². The maximum absolute atomic E-state index is 13.3. The van der Waals surface area contributed by atoms with Gasteiger partial charge in [0.15, 0.2) is 11.6 Å². The number of hydrogen-bond donors (Lipinski definition) is 0. The van der Waals surface area contributed by atoms with Crippen LogP contribution in [0.25, 0.3) is 17.1 Å². The number of thioether (sulfide) groups is 1. The van der Waals surface area contributed by atoms with Crippen LogP contribution in [-0.2, 0) is 9.59 Å². The van der Waals surface area contributed by atoms with Crippen LogP contribution in [0.1, 0.15) is 32.3 Å². The Morgan fingerprint density at radius 3 is 2.27 bits per heavy atom. The number of ketones is 1. The normalized spacial score (nSPS) is 13.0. The number of fused-ring (bicyclic) bond motifs is 1. The van der Waals surface area contributed by atoms with Crippen molar-refractivity contribution in [1.82, 2.24) is 14.9 Å². The fraction of sp³-hybridized carbons (Fsp3) is 0.250. The number of Topliss-reactive ketones (excluding diaryl/α,β-unsaturated/α-hetero) is 1. The molecule has 8 nitrogen and oxygen atoms in total. The molecule has 0 spiro atoms. The zero-order valence-electron chi connectivity index (χ0n) is 18.9. The molecule has 3 aromatic rings. The quantitative estimate of drug-likeness (QED) is 0.515. The minimum Gasteiger partial charge on any atom is -0.497 e. The van der Waals surface area contributed by atoms with Gasteiger partial charge in [0.25, 0.3) is 0 Å². The van der Waals surface area contributed by atoms with E-state index in [1.165, 1.54) is 16.8 Å². The van der Waals surface area contributed by atoms with Crippen molar-refractivity contribution >= 4 is 29.1 Å². The molecule has 1 aromatic heterocycles. The molecule has 0 N–H and O–H groups in total. The van der Waals surface area contributed by atoms with Crippen molar-refractivity contribution in [2.24, 2.45) is 0 Å². The molecule has 4 rings (SSSR count). The van der Waals surface area contributed by atoms with Gasteiger partial charge >= 0.3 is 0 Å². The van der Waals surface area contributed by atoms with Crippen molar-refractivity contribution < 1.29 is 19.1 Å². The average Bonchev–Trinajstić information content (AvgIpc) is 3.30. The van der Waals surface area contributed by atoms with Crippen molar-refractivity contribution in [2.45, 2.75) is 31.8 Å². The summed E-state index contributed by atoms with van der Waals surface area (Å²) in [5.74, 6) is 1.56. The van der Waals surface area contributed by atoms with E-state index in [4.69, 9.17) is 9.47 Å². The zero-order valence-corrected chi connectivity index (χ0v) is 19.7. The predicted octanol–water partition coefficient (Wildman–Crippen LogP) is 4.29. The Kier molecular flexibility index (Phi) is 6.50. The predicted molar refractivity (Wildman–Crippen MR) is 127 cm³/mol. The lowest BCUT2D eigenvalue weighted by molar-refractivity contribution is -0.118. The molecule has 2 heterocycles. The number of rotatable bonds is 7. The highest BCUT2D eigenvalue weighted by Gasteiger charge is 2.36. The lowest BCUT2D eigenvalue weighted by atomic mass is 10.1. The molecule has 1 aliphatic rings. The summed E-state index contributed by atoms with van der Waals surface area (Å²) >= 11 is 1.22. The Morgan fingerprint density at radius 2 is 1.64 bits per heavy atom. The summed E-state index contributed by atoms with van der Waals surface area (Å²) in [5, 5.41) is 10.6. The SMILES string of the molecule is CCC(=O)C1=C(c2cccc(OC)c2)N(C(=O)CC)n2c(nnc2-c2ccc(OC)cc2)S1. The van der Waals surface area contributed by atoms with Crippen LogP contribution >= 0.6 is 11.8 Å². The Balaban J connectivity index is 1.96. The van der Waals surface area contributed by atoms with Crippen LogP contribution in [0.5, 0.6) is 11.5 Å². The van der Waals surface area contributed by atoms with Crippen molar-refractivity contribution in [3.63, 3.8) is 0 Å². The van der Waals surface area contributed by atoms with E-state index >= 15 is 0 Å². The number of benzene rings is 2. The number of carbonyl (C=O) groups excluding carboxylic acids is 2. The first kappa shape index (κ1) is 22.6. The molecular weight excluding hydrogens is 440 g/mol. The molecule has 0 aliphatic carbocycles. The van der Waals surface area contributed by atoms with E-state index < -0.39 is 0 Å². The van der Waals surface area contributed by atoms with Crippen LogP contribution in [0.4, 0.5) is 0 Å². The number of methoxy groups -OCH3 is 2. The van der Waals surface area contributed by atoms with Gasteiger partial charge < -0.3 is 9.47 Å². The fourth-order valence-corrected chi connectivity index (χ4v) is 4.60. The lowest BCUT2D eigenvalue weighted by Gasteiger charge is -2.33. The third-order valence-electron chi connectivity index (χ3n) is 5.24. The Hall–Kier alpha value is -3.59. The summed E-state index contributed by atoms with van der Waals surface area (Å²) in [4.78, 5) is 26.8. The summed E-state index contributed by atoms with van der Waals surface area (Å²) in [6.07, 6.45) is 0.523. The highest BCUT2D eigenvalue weighted by Crippen LogP contribution is 2.42. The van der Waals surface area contributed by atoms with E-state index in [2.05, 4.69) is 10.2 Å². The van der Waals surface area contributed by atoms with Crippen molar-refractivity contribution in [3.8, 4) is 22.9 Å². The molecule has 0 fully saturated rings. The number of hydrogen-bond acceptors (Lipinski definition) is 7. The van der Waals surface area contributed by atoms with E-state index in [9.17, 15) is 9.59 Å². The molecular formula is C24H24N4O4S. The van der Waals surface area contributed by atoms with E-state index in [1.807, 2.05) is 48.5 Å². The monoisotopic (exact) mass is 464 g/mol. The number of aromatic nitrogens is 3. The van der Waals surface area contributed by atoms with Gasteiger partial charge in [-0.15, -0.1) is 10.2 Å². The molecule has 0 bridgehead atoms. The van der Waals surface area contributed by atoms with Crippen LogP contribution in [0, 0.1) is 0 Å². The Bertz CT molecular complexity index is 1230. The molecule has 33 heavy (non-hydrogen) atoms. The maximum atomic E-state index is 13.3. The molecule has 0 radical (unpaired) electrons. The van der Waals surface area contributed by atoms with Crippen molar-refractivity contribution in [1.29, 1.82) is 0 Å². The molecule has 0 saturated heterocycles. The number of nitrogens with zero attached hydrogens (tertiary/aromatic N) is 4. The summed E-state index contributed by atoms with van der Waals surface area (Å²) in [6, 6.07) is 14.7. The molecule has 1 aliphatic heterocycles. The zero-order chi connectivity index (χ0) is 23.5. The molecule has 170 valence electrons. The number of carbonyl (C=O) groups is 2. The third kappa shape index (κ3) is 4.11. The molecule has 0 saturated carbocycles. The average molecular weight is 465 g/mol. The van der Waals surface area contributed by atoms with E-state index in [0.29, 0.717) is 45.1 Å². The topological polar surface area (TPSA) is 86.6 Å². The van der Waals surface area contributed by atoms with Crippen molar-refractivity contribution in [2.75, 3.05) is 19.2 Å². The Morgan fingerprint density at radius 1 is 0.909 bits per heavy atom. The van der Waals surface area contributed by atoms with E-state index in [1.54, 1.807) is 32.7 Å². The summed E-state index contributed by atoms with van der Waals surface area (Å²) in [6.45, 7) is 3.58. The van der Waals surface area contributed by atoms with Gasteiger partial charge in [0.1, 0.15) is 11.5 Å². The first-order chi connectivity index (χ1) is 16.0. The van der Waals surface area contributed by atoms with Gasteiger partial charge in [-0.1, -0.05) is 26.0 Å². The second-order valence-corrected chi connectivity index (χ2v) is 8.17. The van der Waals surface area contributed by atoms with Gasteiger partial charge in [-0.05, 0) is 48.2 Å².